The number of carboxylic acids is 1. The van der Waals surface area contributed by atoms with Gasteiger partial charge < -0.3 is 9.67 Å². The Morgan fingerprint density at radius 3 is 2.32 bits per heavy atom. The molecule has 0 amide bonds. The lowest BCUT2D eigenvalue weighted by atomic mass is 9.77. The average molecular weight is 337 g/mol. The molecule has 1 N–H and O–H groups in total. The van der Waals surface area contributed by atoms with Crippen LogP contribution in [0.4, 0.5) is 0 Å². The van der Waals surface area contributed by atoms with Gasteiger partial charge in [0.15, 0.2) is 5.78 Å². The molecule has 2 heterocycles. The molecular weight excluding hydrogens is 314 g/mol. The molecule has 0 bridgehead atoms. The van der Waals surface area contributed by atoms with Crippen LogP contribution in [0, 0.1) is 5.92 Å². The highest BCUT2D eigenvalue weighted by molar-refractivity contribution is 5.97. The third kappa shape index (κ3) is 2.90. The zero-order valence-corrected chi connectivity index (χ0v) is 14.2. The number of rotatable bonds is 4. The first-order chi connectivity index (χ1) is 12.1. The lowest BCUT2D eigenvalue weighted by molar-refractivity contribution is -0.138. The molecule has 4 heteroatoms. The van der Waals surface area contributed by atoms with Crippen molar-refractivity contribution in [2.45, 2.75) is 50.5 Å². The van der Waals surface area contributed by atoms with E-state index < -0.39 is 11.9 Å². The van der Waals surface area contributed by atoms with Crippen LogP contribution in [0.3, 0.4) is 0 Å². The summed E-state index contributed by atoms with van der Waals surface area (Å²) in [7, 11) is 0. The van der Waals surface area contributed by atoms with Gasteiger partial charge in [-0.2, -0.15) is 0 Å². The van der Waals surface area contributed by atoms with E-state index in [0.717, 1.165) is 31.4 Å². The molecule has 1 aliphatic carbocycles. The number of ketones is 1. The fraction of sp³-hybridized carbons (Fsp3) is 0.429. The van der Waals surface area contributed by atoms with E-state index in [1.54, 1.807) is 0 Å². The largest absolute Gasteiger partial charge is 0.481 e. The standard InChI is InChI=1S/C21H23NO3/c23-20(19-11-10-18-17(21(24)25)12-13-22(18)19)16-8-6-15(7-9-16)14-4-2-1-3-5-14/h1-5,10-11,15-17H,6-9,12-13H2,(H,24,25). The molecular formula is C21H23NO3. The molecule has 1 aliphatic heterocycles. The molecule has 1 aromatic heterocycles. The lowest BCUT2D eigenvalue weighted by Gasteiger charge is -2.28. The number of carbonyl (C=O) groups excluding carboxylic acids is 1. The Morgan fingerprint density at radius 1 is 0.920 bits per heavy atom. The summed E-state index contributed by atoms with van der Waals surface area (Å²) in [6.07, 6.45) is 4.52. The normalized spacial score (nSPS) is 25.5. The summed E-state index contributed by atoms with van der Waals surface area (Å²) in [5.41, 5.74) is 2.87. The fourth-order valence-electron chi connectivity index (χ4n) is 4.53. The molecule has 1 aromatic carbocycles. The smallest absolute Gasteiger partial charge is 0.312 e. The molecule has 4 nitrogen and oxygen atoms in total. The van der Waals surface area contributed by atoms with Gasteiger partial charge in [0.2, 0.25) is 0 Å². The van der Waals surface area contributed by atoms with Gasteiger partial charge in [-0.05, 0) is 55.7 Å². The second kappa shape index (κ2) is 6.51. The Balaban J connectivity index is 1.45. The van der Waals surface area contributed by atoms with E-state index in [2.05, 4.69) is 24.3 Å². The van der Waals surface area contributed by atoms with Gasteiger partial charge >= 0.3 is 5.97 Å². The molecule has 0 spiro atoms. The maximum atomic E-state index is 13.0. The molecule has 1 saturated carbocycles. The number of aliphatic carboxylic acids is 1. The van der Waals surface area contributed by atoms with Gasteiger partial charge in [0, 0.05) is 18.2 Å². The van der Waals surface area contributed by atoms with Crippen LogP contribution in [0.15, 0.2) is 42.5 Å². The Bertz CT molecular complexity index is 785. The Labute approximate surface area is 147 Å². The van der Waals surface area contributed by atoms with Gasteiger partial charge in [0.05, 0.1) is 11.6 Å². The highest BCUT2D eigenvalue weighted by Gasteiger charge is 2.34. The van der Waals surface area contributed by atoms with Crippen molar-refractivity contribution in [1.29, 1.82) is 0 Å². The molecule has 25 heavy (non-hydrogen) atoms. The van der Waals surface area contributed by atoms with Crippen LogP contribution in [0.5, 0.6) is 0 Å². The maximum Gasteiger partial charge on any atom is 0.312 e. The summed E-state index contributed by atoms with van der Waals surface area (Å²) in [5, 5.41) is 9.30. The van der Waals surface area contributed by atoms with Gasteiger partial charge in [0.25, 0.3) is 0 Å². The van der Waals surface area contributed by atoms with Crippen LogP contribution in [0.1, 0.15) is 65.7 Å². The van der Waals surface area contributed by atoms with Gasteiger partial charge in [-0.1, -0.05) is 30.3 Å². The van der Waals surface area contributed by atoms with Crippen LogP contribution in [0.2, 0.25) is 0 Å². The van der Waals surface area contributed by atoms with Crippen LogP contribution in [0.25, 0.3) is 0 Å². The number of aromatic nitrogens is 1. The number of benzene rings is 1. The Kier molecular flexibility index (Phi) is 4.20. The first-order valence-corrected chi connectivity index (χ1v) is 9.16. The first-order valence-electron chi connectivity index (χ1n) is 9.16. The third-order valence-electron chi connectivity index (χ3n) is 5.93. The lowest BCUT2D eigenvalue weighted by Crippen LogP contribution is -2.23. The molecule has 2 aliphatic rings. The molecule has 1 fully saturated rings. The van der Waals surface area contributed by atoms with Crippen molar-refractivity contribution < 1.29 is 14.7 Å². The zero-order valence-electron chi connectivity index (χ0n) is 14.2. The maximum absolute atomic E-state index is 13.0. The topological polar surface area (TPSA) is 59.3 Å². The van der Waals surface area contributed by atoms with E-state index in [4.69, 9.17) is 0 Å². The number of Topliss-reactive ketones (excluding diaryl/α,β-unsaturated/α-hetero) is 1. The minimum absolute atomic E-state index is 0.0721. The van der Waals surface area contributed by atoms with Crippen molar-refractivity contribution in [2.75, 3.05) is 0 Å². The summed E-state index contributed by atoms with van der Waals surface area (Å²) >= 11 is 0. The number of carbonyl (C=O) groups is 2. The van der Waals surface area contributed by atoms with Crippen LogP contribution in [-0.2, 0) is 11.3 Å². The SMILES string of the molecule is O=C(c1ccc2n1CCC2C(=O)O)C1CCC(c2ccccc2)CC1. The third-order valence-corrected chi connectivity index (χ3v) is 5.93. The summed E-state index contributed by atoms with van der Waals surface area (Å²) < 4.78 is 1.93. The monoisotopic (exact) mass is 337 g/mol. The van der Waals surface area contributed by atoms with E-state index in [-0.39, 0.29) is 11.7 Å². The van der Waals surface area contributed by atoms with E-state index in [1.807, 2.05) is 22.8 Å². The Morgan fingerprint density at radius 2 is 1.64 bits per heavy atom. The summed E-state index contributed by atoms with van der Waals surface area (Å²) in [5.74, 6) is -0.430. The van der Waals surface area contributed by atoms with Crippen molar-refractivity contribution >= 4 is 11.8 Å². The predicted octanol–water partition coefficient (Wildman–Crippen LogP) is 4.22. The van der Waals surface area contributed by atoms with Gasteiger partial charge in [-0.15, -0.1) is 0 Å². The molecule has 130 valence electrons. The zero-order chi connectivity index (χ0) is 17.4. The van der Waals surface area contributed by atoms with Crippen molar-refractivity contribution in [3.8, 4) is 0 Å². The van der Waals surface area contributed by atoms with E-state index in [1.165, 1.54) is 5.56 Å². The number of hydrogen-bond acceptors (Lipinski definition) is 2. The molecule has 2 aromatic rings. The van der Waals surface area contributed by atoms with Crippen molar-refractivity contribution in [2.24, 2.45) is 5.92 Å². The highest BCUT2D eigenvalue weighted by Crippen LogP contribution is 2.38. The van der Waals surface area contributed by atoms with Crippen molar-refractivity contribution in [3.05, 3.63) is 59.4 Å². The van der Waals surface area contributed by atoms with E-state index in [9.17, 15) is 14.7 Å². The molecule has 4 rings (SSSR count). The number of carboxylic acid groups (broad SMARTS) is 1. The number of nitrogens with zero attached hydrogens (tertiary/aromatic N) is 1. The van der Waals surface area contributed by atoms with Gasteiger partial charge in [-0.25, -0.2) is 0 Å². The second-order valence-electron chi connectivity index (χ2n) is 7.30. The van der Waals surface area contributed by atoms with Crippen molar-refractivity contribution in [3.63, 3.8) is 0 Å². The molecule has 1 unspecified atom stereocenters. The summed E-state index contributed by atoms with van der Waals surface area (Å²) in [6.45, 7) is 0.639. The number of hydrogen-bond donors (Lipinski definition) is 1. The fourth-order valence-corrected chi connectivity index (χ4v) is 4.53. The summed E-state index contributed by atoms with van der Waals surface area (Å²) in [6, 6.07) is 14.2. The quantitative estimate of drug-likeness (QED) is 0.850. The molecule has 1 atom stereocenters. The highest BCUT2D eigenvalue weighted by atomic mass is 16.4. The van der Waals surface area contributed by atoms with Crippen molar-refractivity contribution in [1.82, 2.24) is 4.57 Å². The van der Waals surface area contributed by atoms with Gasteiger partial charge in [-0.3, -0.25) is 9.59 Å². The van der Waals surface area contributed by atoms with E-state index in [0.29, 0.717) is 24.6 Å². The minimum atomic E-state index is -0.792. The number of fused-ring (bicyclic) bond motifs is 1. The minimum Gasteiger partial charge on any atom is -0.481 e. The van der Waals surface area contributed by atoms with Crippen LogP contribution < -0.4 is 0 Å². The second-order valence-corrected chi connectivity index (χ2v) is 7.30. The van der Waals surface area contributed by atoms with Crippen LogP contribution >= 0.6 is 0 Å². The Hall–Kier alpha value is -2.36. The average Bonchev–Trinajstić information content (AvgIpc) is 3.24. The predicted molar refractivity (Wildman–Crippen MR) is 94.9 cm³/mol. The van der Waals surface area contributed by atoms with E-state index >= 15 is 0 Å². The molecule has 0 saturated heterocycles. The van der Waals surface area contributed by atoms with Gasteiger partial charge in [0.1, 0.15) is 0 Å². The molecule has 0 radical (unpaired) electrons. The summed E-state index contributed by atoms with van der Waals surface area (Å²) in [4.78, 5) is 24.3. The van der Waals surface area contributed by atoms with Crippen LogP contribution in [-0.4, -0.2) is 21.4 Å². The first kappa shape index (κ1) is 16.1.